The van der Waals surface area contributed by atoms with Crippen molar-refractivity contribution in [2.24, 2.45) is 12.8 Å². The Morgan fingerprint density at radius 3 is 2.50 bits per heavy atom. The van der Waals surface area contributed by atoms with E-state index >= 15 is 0 Å². The lowest BCUT2D eigenvalue weighted by molar-refractivity contribution is 0.100. The number of anilines is 1. The van der Waals surface area contributed by atoms with E-state index in [1.54, 1.807) is 11.7 Å². The standard InChI is InChI=1S/C11H12N4O/c1-15-9(7-5-3-2-4-6-7)8(11(13)16)10(12)14-15/h2-6H,1H3,(H2,12,14)(H2,13,16). The number of nitrogens with zero attached hydrogens (tertiary/aromatic N) is 2. The number of rotatable bonds is 2. The van der Waals surface area contributed by atoms with Gasteiger partial charge in [-0.1, -0.05) is 30.3 Å². The van der Waals surface area contributed by atoms with Crippen molar-refractivity contribution < 1.29 is 4.79 Å². The third kappa shape index (κ3) is 1.52. The number of hydrogen-bond donors (Lipinski definition) is 2. The Hall–Kier alpha value is -2.30. The van der Waals surface area contributed by atoms with Crippen molar-refractivity contribution in [2.75, 3.05) is 5.73 Å². The molecule has 0 aliphatic rings. The maximum absolute atomic E-state index is 11.3. The van der Waals surface area contributed by atoms with Gasteiger partial charge in [0.25, 0.3) is 5.91 Å². The lowest BCUT2D eigenvalue weighted by atomic mass is 10.1. The second-order valence-corrected chi connectivity index (χ2v) is 3.46. The highest BCUT2D eigenvalue weighted by Gasteiger charge is 2.19. The summed E-state index contributed by atoms with van der Waals surface area (Å²) in [7, 11) is 1.73. The van der Waals surface area contributed by atoms with E-state index in [0.29, 0.717) is 5.69 Å². The Morgan fingerprint density at radius 2 is 1.94 bits per heavy atom. The summed E-state index contributed by atoms with van der Waals surface area (Å²) in [4.78, 5) is 11.3. The molecule has 16 heavy (non-hydrogen) atoms. The van der Waals surface area contributed by atoms with Crippen molar-refractivity contribution in [1.82, 2.24) is 9.78 Å². The van der Waals surface area contributed by atoms with Gasteiger partial charge in [0.05, 0.1) is 5.69 Å². The highest BCUT2D eigenvalue weighted by Crippen LogP contribution is 2.26. The molecule has 0 saturated carbocycles. The first-order valence-electron chi connectivity index (χ1n) is 4.79. The van der Waals surface area contributed by atoms with Crippen LogP contribution in [0.5, 0.6) is 0 Å². The minimum Gasteiger partial charge on any atom is -0.382 e. The van der Waals surface area contributed by atoms with Crippen molar-refractivity contribution in [1.29, 1.82) is 0 Å². The van der Waals surface area contributed by atoms with Gasteiger partial charge in [0.2, 0.25) is 0 Å². The zero-order chi connectivity index (χ0) is 11.7. The highest BCUT2D eigenvalue weighted by molar-refractivity contribution is 6.03. The summed E-state index contributed by atoms with van der Waals surface area (Å²) < 4.78 is 1.56. The molecule has 5 heteroatoms. The molecule has 0 spiro atoms. The summed E-state index contributed by atoms with van der Waals surface area (Å²) in [5.74, 6) is -0.404. The maximum Gasteiger partial charge on any atom is 0.254 e. The normalized spacial score (nSPS) is 10.3. The molecular weight excluding hydrogens is 204 g/mol. The van der Waals surface area contributed by atoms with Crippen molar-refractivity contribution >= 4 is 11.7 Å². The third-order valence-corrected chi connectivity index (χ3v) is 2.37. The van der Waals surface area contributed by atoms with Crippen LogP contribution >= 0.6 is 0 Å². The molecule has 82 valence electrons. The van der Waals surface area contributed by atoms with Gasteiger partial charge in [0.1, 0.15) is 5.56 Å². The predicted octanol–water partition coefficient (Wildman–Crippen LogP) is 0.768. The van der Waals surface area contributed by atoms with Crippen molar-refractivity contribution in [3.05, 3.63) is 35.9 Å². The summed E-state index contributed by atoms with van der Waals surface area (Å²) in [6.45, 7) is 0. The fourth-order valence-corrected chi connectivity index (χ4v) is 1.71. The number of nitrogens with two attached hydrogens (primary N) is 2. The molecule has 4 N–H and O–H groups in total. The van der Waals surface area contributed by atoms with Gasteiger partial charge in [-0.25, -0.2) is 0 Å². The first-order chi connectivity index (χ1) is 7.61. The third-order valence-electron chi connectivity index (χ3n) is 2.37. The van der Waals surface area contributed by atoms with Gasteiger partial charge in [-0.3, -0.25) is 9.48 Å². The zero-order valence-electron chi connectivity index (χ0n) is 8.84. The van der Waals surface area contributed by atoms with Gasteiger partial charge in [-0.15, -0.1) is 0 Å². The van der Waals surface area contributed by atoms with Crippen LogP contribution in [0.25, 0.3) is 11.3 Å². The number of nitrogen functional groups attached to an aromatic ring is 1. The number of carbonyl (C=O) groups excluding carboxylic acids is 1. The zero-order valence-corrected chi connectivity index (χ0v) is 8.84. The van der Waals surface area contributed by atoms with Gasteiger partial charge in [0, 0.05) is 12.6 Å². The maximum atomic E-state index is 11.3. The van der Waals surface area contributed by atoms with Gasteiger partial charge in [-0.2, -0.15) is 5.10 Å². The van der Waals surface area contributed by atoms with E-state index in [9.17, 15) is 4.79 Å². The number of hydrogen-bond acceptors (Lipinski definition) is 3. The second-order valence-electron chi connectivity index (χ2n) is 3.46. The summed E-state index contributed by atoms with van der Waals surface area (Å²) in [6, 6.07) is 9.41. The first kappa shape index (κ1) is 10.2. The van der Waals surface area contributed by atoms with Crippen molar-refractivity contribution in [3.63, 3.8) is 0 Å². The van der Waals surface area contributed by atoms with Crippen LogP contribution in [0, 0.1) is 0 Å². The Bertz CT molecular complexity index is 530. The van der Waals surface area contributed by atoms with Crippen LogP contribution in [0.2, 0.25) is 0 Å². The minimum atomic E-state index is -0.565. The van der Waals surface area contributed by atoms with Gasteiger partial charge >= 0.3 is 0 Å². The van der Waals surface area contributed by atoms with Crippen LogP contribution < -0.4 is 11.5 Å². The average molecular weight is 216 g/mol. The molecule has 1 amide bonds. The smallest absolute Gasteiger partial charge is 0.254 e. The summed E-state index contributed by atoms with van der Waals surface area (Å²) in [5, 5.41) is 4.00. The SMILES string of the molecule is Cn1nc(N)c(C(N)=O)c1-c1ccccc1. The highest BCUT2D eigenvalue weighted by atomic mass is 16.1. The predicted molar refractivity (Wildman–Crippen MR) is 61.6 cm³/mol. The molecule has 0 fully saturated rings. The molecule has 0 saturated heterocycles. The molecule has 1 aromatic carbocycles. The molecule has 0 unspecified atom stereocenters. The van der Waals surface area contributed by atoms with Crippen molar-refractivity contribution in [3.8, 4) is 11.3 Å². The molecule has 2 aromatic rings. The summed E-state index contributed by atoms with van der Waals surface area (Å²) in [5.41, 5.74) is 12.7. The number of aromatic nitrogens is 2. The number of aryl methyl sites for hydroxylation is 1. The molecule has 0 aliphatic carbocycles. The van der Waals surface area contributed by atoms with E-state index in [0.717, 1.165) is 5.56 Å². The summed E-state index contributed by atoms with van der Waals surface area (Å²) in [6.07, 6.45) is 0. The largest absolute Gasteiger partial charge is 0.382 e. The molecule has 0 radical (unpaired) electrons. The second kappa shape index (κ2) is 3.69. The molecule has 5 nitrogen and oxygen atoms in total. The van der Waals surface area contributed by atoms with Crippen molar-refractivity contribution in [2.45, 2.75) is 0 Å². The Kier molecular flexibility index (Phi) is 2.36. The minimum absolute atomic E-state index is 0.161. The Labute approximate surface area is 92.7 Å². The van der Waals surface area contributed by atoms with E-state index < -0.39 is 5.91 Å². The fourth-order valence-electron chi connectivity index (χ4n) is 1.71. The monoisotopic (exact) mass is 216 g/mol. The number of benzene rings is 1. The van der Waals surface area contributed by atoms with Crippen LogP contribution in [0.1, 0.15) is 10.4 Å². The number of carbonyl (C=O) groups is 1. The molecule has 1 aromatic heterocycles. The summed E-state index contributed by atoms with van der Waals surface area (Å²) >= 11 is 0. The molecule has 0 atom stereocenters. The Balaban J connectivity index is 2.69. The van der Waals surface area contributed by atoms with Gasteiger partial charge in [-0.05, 0) is 0 Å². The van der Waals surface area contributed by atoms with E-state index in [1.807, 2.05) is 30.3 Å². The lowest BCUT2D eigenvalue weighted by Crippen LogP contribution is -2.13. The Morgan fingerprint density at radius 1 is 1.31 bits per heavy atom. The van der Waals surface area contributed by atoms with Crippen LogP contribution in [-0.4, -0.2) is 15.7 Å². The number of primary amides is 1. The fraction of sp³-hybridized carbons (Fsp3) is 0.0909. The first-order valence-corrected chi connectivity index (χ1v) is 4.79. The van der Waals surface area contributed by atoms with Gasteiger partial charge in [0.15, 0.2) is 5.82 Å². The molecule has 2 rings (SSSR count). The van der Waals surface area contributed by atoms with Gasteiger partial charge < -0.3 is 11.5 Å². The van der Waals surface area contributed by atoms with E-state index in [2.05, 4.69) is 5.10 Å². The molecule has 0 aliphatic heterocycles. The van der Waals surface area contributed by atoms with E-state index in [1.165, 1.54) is 0 Å². The van der Waals surface area contributed by atoms with Crippen LogP contribution in [0.3, 0.4) is 0 Å². The molecule has 1 heterocycles. The van der Waals surface area contributed by atoms with E-state index in [-0.39, 0.29) is 11.4 Å². The number of amides is 1. The van der Waals surface area contributed by atoms with E-state index in [4.69, 9.17) is 11.5 Å². The van der Waals surface area contributed by atoms with Crippen LogP contribution in [-0.2, 0) is 7.05 Å². The topological polar surface area (TPSA) is 86.9 Å². The molecular formula is C11H12N4O. The van der Waals surface area contributed by atoms with Crippen LogP contribution in [0.15, 0.2) is 30.3 Å². The average Bonchev–Trinajstić information content (AvgIpc) is 2.55. The quantitative estimate of drug-likeness (QED) is 0.777. The lowest BCUT2D eigenvalue weighted by Gasteiger charge is -2.03. The van der Waals surface area contributed by atoms with Crippen LogP contribution in [0.4, 0.5) is 5.82 Å². The molecule has 0 bridgehead atoms.